The Morgan fingerprint density at radius 2 is 2.29 bits per heavy atom. The van der Waals surface area contributed by atoms with Crippen molar-refractivity contribution in [3.05, 3.63) is 12.4 Å². The number of methoxy groups -OCH3 is 1. The molecule has 0 radical (unpaired) electrons. The molecule has 0 aliphatic heterocycles. The highest BCUT2D eigenvalue weighted by Crippen LogP contribution is 2.20. The predicted octanol–water partition coefficient (Wildman–Crippen LogP) is 0.398. The van der Waals surface area contributed by atoms with Gasteiger partial charge in [0, 0.05) is 0 Å². The van der Waals surface area contributed by atoms with Crippen LogP contribution >= 0.6 is 0 Å². The average Bonchev–Trinajstić information content (AvgIpc) is 2.73. The molecular weight excluding hydrogens is 224 g/mol. The van der Waals surface area contributed by atoms with E-state index in [2.05, 4.69) is 15.3 Å². The van der Waals surface area contributed by atoms with Crippen LogP contribution in [0, 0.1) is 0 Å². The van der Waals surface area contributed by atoms with Gasteiger partial charge in [0.2, 0.25) is 0 Å². The Hall–Kier alpha value is -2.18. The first kappa shape index (κ1) is 11.3. The number of esters is 1. The molecule has 90 valence electrons. The van der Waals surface area contributed by atoms with Gasteiger partial charge >= 0.3 is 5.97 Å². The summed E-state index contributed by atoms with van der Waals surface area (Å²) in [5.41, 5.74) is 1.21. The Bertz CT molecular complexity index is 537. The lowest BCUT2D eigenvalue weighted by Gasteiger charge is -2.02. The van der Waals surface area contributed by atoms with Crippen LogP contribution in [0.5, 0.6) is 5.75 Å². The number of aromatic nitrogens is 4. The largest absolute Gasteiger partial charge is 0.493 e. The first-order chi connectivity index (χ1) is 8.26. The molecule has 0 aliphatic rings. The molecule has 7 nitrogen and oxygen atoms in total. The summed E-state index contributed by atoms with van der Waals surface area (Å²) in [5.74, 6) is 0.166. The highest BCUT2D eigenvalue weighted by atomic mass is 16.5. The summed E-state index contributed by atoms with van der Waals surface area (Å²) in [4.78, 5) is 15.3. The maximum Gasteiger partial charge on any atom is 0.327 e. The molecule has 0 aromatic carbocycles. The second-order valence-corrected chi connectivity index (χ2v) is 3.26. The number of nitrogens with zero attached hydrogens (tertiary/aromatic N) is 4. The SMILES string of the molecule is CCOC(=O)Cn1nnc2c(OC)cncc21. The molecule has 0 spiro atoms. The average molecular weight is 236 g/mol. The monoisotopic (exact) mass is 236 g/mol. The van der Waals surface area contributed by atoms with Crippen molar-refractivity contribution < 1.29 is 14.3 Å². The summed E-state index contributed by atoms with van der Waals surface area (Å²) in [7, 11) is 1.53. The molecule has 2 heterocycles. The van der Waals surface area contributed by atoms with Crippen molar-refractivity contribution in [1.82, 2.24) is 20.0 Å². The van der Waals surface area contributed by atoms with Crippen LogP contribution in [0.15, 0.2) is 12.4 Å². The fraction of sp³-hybridized carbons (Fsp3) is 0.400. The van der Waals surface area contributed by atoms with Crippen LogP contribution in [-0.4, -0.2) is 39.7 Å². The van der Waals surface area contributed by atoms with Gasteiger partial charge in [0.15, 0.2) is 11.3 Å². The molecular formula is C10H12N4O3. The van der Waals surface area contributed by atoms with E-state index in [1.54, 1.807) is 19.3 Å². The maximum absolute atomic E-state index is 11.3. The van der Waals surface area contributed by atoms with Crippen LogP contribution in [0.2, 0.25) is 0 Å². The first-order valence-electron chi connectivity index (χ1n) is 5.13. The minimum atomic E-state index is -0.359. The van der Waals surface area contributed by atoms with Crippen LogP contribution < -0.4 is 4.74 Å². The van der Waals surface area contributed by atoms with Crippen LogP contribution in [0.25, 0.3) is 11.0 Å². The van der Waals surface area contributed by atoms with E-state index in [1.165, 1.54) is 11.8 Å². The number of carbonyl (C=O) groups is 1. The van der Waals surface area contributed by atoms with Crippen LogP contribution in [-0.2, 0) is 16.1 Å². The van der Waals surface area contributed by atoms with Gasteiger partial charge in [-0.3, -0.25) is 9.78 Å². The third kappa shape index (κ3) is 2.17. The van der Waals surface area contributed by atoms with Gasteiger partial charge in [0.05, 0.1) is 26.1 Å². The van der Waals surface area contributed by atoms with E-state index >= 15 is 0 Å². The van der Waals surface area contributed by atoms with Crippen molar-refractivity contribution >= 4 is 17.0 Å². The number of fused-ring (bicyclic) bond motifs is 1. The van der Waals surface area contributed by atoms with Gasteiger partial charge in [-0.15, -0.1) is 5.10 Å². The van der Waals surface area contributed by atoms with Gasteiger partial charge in [-0.1, -0.05) is 5.21 Å². The van der Waals surface area contributed by atoms with Crippen LogP contribution in [0.1, 0.15) is 6.92 Å². The number of hydrogen-bond acceptors (Lipinski definition) is 6. The third-order valence-electron chi connectivity index (χ3n) is 2.20. The van der Waals surface area contributed by atoms with E-state index in [1.807, 2.05) is 0 Å². The van der Waals surface area contributed by atoms with Gasteiger partial charge in [-0.05, 0) is 6.92 Å². The number of pyridine rings is 1. The zero-order chi connectivity index (χ0) is 12.3. The fourth-order valence-electron chi connectivity index (χ4n) is 1.46. The van der Waals surface area contributed by atoms with E-state index in [9.17, 15) is 4.79 Å². The molecule has 17 heavy (non-hydrogen) atoms. The predicted molar refractivity (Wildman–Crippen MR) is 58.5 cm³/mol. The van der Waals surface area contributed by atoms with E-state index in [-0.39, 0.29) is 12.5 Å². The summed E-state index contributed by atoms with van der Waals surface area (Å²) >= 11 is 0. The number of hydrogen-bond donors (Lipinski definition) is 0. The molecule has 0 unspecified atom stereocenters. The summed E-state index contributed by atoms with van der Waals surface area (Å²) < 4.78 is 11.4. The van der Waals surface area contributed by atoms with Crippen molar-refractivity contribution in [2.75, 3.05) is 13.7 Å². The van der Waals surface area contributed by atoms with Crippen molar-refractivity contribution in [2.24, 2.45) is 0 Å². The Morgan fingerprint density at radius 3 is 3.00 bits per heavy atom. The van der Waals surface area contributed by atoms with Crippen molar-refractivity contribution in [3.8, 4) is 5.75 Å². The molecule has 2 rings (SSSR count). The number of ether oxygens (including phenoxy) is 2. The van der Waals surface area contributed by atoms with E-state index in [0.29, 0.717) is 23.4 Å². The first-order valence-corrected chi connectivity index (χ1v) is 5.13. The van der Waals surface area contributed by atoms with E-state index < -0.39 is 0 Å². The third-order valence-corrected chi connectivity index (χ3v) is 2.20. The van der Waals surface area contributed by atoms with Crippen molar-refractivity contribution in [2.45, 2.75) is 13.5 Å². The molecule has 0 N–H and O–H groups in total. The summed E-state index contributed by atoms with van der Waals surface area (Å²) in [6.45, 7) is 2.11. The van der Waals surface area contributed by atoms with Gasteiger partial charge < -0.3 is 9.47 Å². The lowest BCUT2D eigenvalue weighted by Crippen LogP contribution is -2.14. The van der Waals surface area contributed by atoms with Crippen LogP contribution in [0.4, 0.5) is 0 Å². The summed E-state index contributed by atoms with van der Waals surface area (Å²) in [6.07, 6.45) is 3.13. The highest BCUT2D eigenvalue weighted by molar-refractivity contribution is 5.81. The zero-order valence-corrected chi connectivity index (χ0v) is 9.58. The van der Waals surface area contributed by atoms with Gasteiger partial charge in [0.1, 0.15) is 12.1 Å². The van der Waals surface area contributed by atoms with Gasteiger partial charge in [-0.25, -0.2) is 4.68 Å². The molecule has 0 amide bonds. The quantitative estimate of drug-likeness (QED) is 0.715. The fourth-order valence-corrected chi connectivity index (χ4v) is 1.46. The Balaban J connectivity index is 2.33. The van der Waals surface area contributed by atoms with Crippen LogP contribution in [0.3, 0.4) is 0 Å². The van der Waals surface area contributed by atoms with Crippen molar-refractivity contribution in [3.63, 3.8) is 0 Å². The van der Waals surface area contributed by atoms with Gasteiger partial charge in [-0.2, -0.15) is 0 Å². The molecule has 7 heteroatoms. The molecule has 0 saturated carbocycles. The standard InChI is InChI=1S/C10H12N4O3/c1-3-17-9(15)6-14-7-4-11-5-8(16-2)10(7)12-13-14/h4-5H,3,6H2,1-2H3. The highest BCUT2D eigenvalue weighted by Gasteiger charge is 2.12. The Labute approximate surface area is 97.3 Å². The number of rotatable bonds is 4. The normalized spacial score (nSPS) is 10.5. The van der Waals surface area contributed by atoms with Gasteiger partial charge in [0.25, 0.3) is 0 Å². The molecule has 0 aliphatic carbocycles. The molecule has 0 atom stereocenters. The van der Waals surface area contributed by atoms with Crippen molar-refractivity contribution in [1.29, 1.82) is 0 Å². The minimum absolute atomic E-state index is 0.0131. The second kappa shape index (κ2) is 4.77. The smallest absolute Gasteiger partial charge is 0.327 e. The molecule has 2 aromatic heterocycles. The lowest BCUT2D eigenvalue weighted by atomic mass is 10.4. The summed E-state index contributed by atoms with van der Waals surface area (Å²) in [6, 6.07) is 0. The molecule has 0 saturated heterocycles. The Morgan fingerprint density at radius 1 is 1.47 bits per heavy atom. The molecule has 2 aromatic rings. The maximum atomic E-state index is 11.3. The van der Waals surface area contributed by atoms with E-state index in [0.717, 1.165) is 0 Å². The second-order valence-electron chi connectivity index (χ2n) is 3.26. The lowest BCUT2D eigenvalue weighted by molar-refractivity contribution is -0.143. The Kier molecular flexibility index (Phi) is 3.17. The number of carbonyl (C=O) groups excluding carboxylic acids is 1. The zero-order valence-electron chi connectivity index (χ0n) is 9.58. The summed E-state index contributed by atoms with van der Waals surface area (Å²) in [5, 5.41) is 7.81. The topological polar surface area (TPSA) is 79.1 Å². The molecule has 0 bridgehead atoms. The van der Waals surface area contributed by atoms with E-state index in [4.69, 9.17) is 9.47 Å². The molecule has 0 fully saturated rings. The minimum Gasteiger partial charge on any atom is -0.493 e.